The van der Waals surface area contributed by atoms with E-state index in [1.807, 2.05) is 77.4 Å². The third-order valence-corrected chi connectivity index (χ3v) is 7.42. The van der Waals surface area contributed by atoms with Crippen molar-refractivity contribution in [2.45, 2.75) is 13.2 Å². The average molecular weight is 590 g/mol. The predicted molar refractivity (Wildman–Crippen MR) is 164 cm³/mol. The number of aromatic nitrogens is 1. The summed E-state index contributed by atoms with van der Waals surface area (Å²) in [5, 5.41) is 7.65. The number of halogens is 1. The van der Waals surface area contributed by atoms with E-state index < -0.39 is 0 Å². The number of hydrogen-bond donors (Lipinski definition) is 1. The Kier molecular flexibility index (Phi) is 7.12. The number of carbonyl (C=O) groups is 1. The maximum atomic E-state index is 12.9. The highest BCUT2D eigenvalue weighted by atomic mass is 79.9. The van der Waals surface area contributed by atoms with E-state index in [4.69, 9.17) is 4.74 Å². The molecule has 0 saturated heterocycles. The topological polar surface area (TPSA) is 72.7 Å². The van der Waals surface area contributed by atoms with Gasteiger partial charge in [-0.3, -0.25) is 9.59 Å². The van der Waals surface area contributed by atoms with Crippen LogP contribution in [0.2, 0.25) is 0 Å². The molecule has 196 valence electrons. The number of amides is 1. The molecule has 0 fully saturated rings. The van der Waals surface area contributed by atoms with Crippen molar-refractivity contribution < 1.29 is 9.53 Å². The normalized spacial score (nSPS) is 11.4. The molecule has 0 spiro atoms. The lowest BCUT2D eigenvalue weighted by atomic mass is 10.1. The van der Waals surface area contributed by atoms with Crippen LogP contribution in [0.5, 0.6) is 5.75 Å². The molecule has 0 bridgehead atoms. The van der Waals surface area contributed by atoms with Crippen molar-refractivity contribution in [3.63, 3.8) is 0 Å². The lowest BCUT2D eigenvalue weighted by Gasteiger charge is -2.14. The first-order valence-corrected chi connectivity index (χ1v) is 13.6. The largest absolute Gasteiger partial charge is 0.488 e. The lowest BCUT2D eigenvalue weighted by molar-refractivity contribution is -0.121. The van der Waals surface area contributed by atoms with Crippen LogP contribution in [0, 0.1) is 0 Å². The average Bonchev–Trinajstić information content (AvgIpc) is 2.99. The minimum absolute atomic E-state index is 0.0171. The second kappa shape index (κ2) is 11.2. The number of hydrazone groups is 1. The Hall–Kier alpha value is -4.75. The number of carbonyl (C=O) groups excluding carboxylic acids is 1. The minimum atomic E-state index is -0.302. The fraction of sp³-hybridized carbons (Fsp3) is 0.0606. The number of rotatable bonds is 7. The molecule has 1 amide bonds. The van der Waals surface area contributed by atoms with Crippen LogP contribution < -0.4 is 15.6 Å². The summed E-state index contributed by atoms with van der Waals surface area (Å²) in [7, 11) is 0. The molecule has 6 nitrogen and oxygen atoms in total. The van der Waals surface area contributed by atoms with Crippen LogP contribution in [0.15, 0.2) is 124 Å². The number of hydrogen-bond acceptors (Lipinski definition) is 4. The molecule has 6 aromatic rings. The lowest BCUT2D eigenvalue weighted by Crippen LogP contribution is -2.25. The van der Waals surface area contributed by atoms with E-state index in [9.17, 15) is 9.59 Å². The van der Waals surface area contributed by atoms with Crippen molar-refractivity contribution in [1.29, 1.82) is 0 Å². The molecular formula is C33H24BrN3O3. The zero-order chi connectivity index (χ0) is 27.5. The molecule has 0 atom stereocenters. The van der Waals surface area contributed by atoms with Gasteiger partial charge in [0, 0.05) is 10.8 Å². The number of ether oxygens (including phenoxy) is 1. The molecule has 7 heteroatoms. The molecular weight excluding hydrogens is 566 g/mol. The monoisotopic (exact) mass is 589 g/mol. The summed E-state index contributed by atoms with van der Waals surface area (Å²) >= 11 is 3.58. The van der Waals surface area contributed by atoms with Gasteiger partial charge in [0.2, 0.25) is 0 Å². The predicted octanol–water partition coefficient (Wildman–Crippen LogP) is 6.80. The second-order valence-electron chi connectivity index (χ2n) is 9.36. The van der Waals surface area contributed by atoms with Crippen LogP contribution in [-0.4, -0.2) is 16.7 Å². The summed E-state index contributed by atoms with van der Waals surface area (Å²) < 4.78 is 8.72. The van der Waals surface area contributed by atoms with Crippen molar-refractivity contribution in [3.05, 3.63) is 135 Å². The molecule has 0 radical (unpaired) electrons. The van der Waals surface area contributed by atoms with Crippen molar-refractivity contribution >= 4 is 60.6 Å². The van der Waals surface area contributed by atoms with Gasteiger partial charge in [0.25, 0.3) is 5.91 Å². The van der Waals surface area contributed by atoms with Crippen LogP contribution in [-0.2, 0) is 17.9 Å². The molecule has 1 heterocycles. The molecule has 5 aromatic carbocycles. The summed E-state index contributed by atoms with van der Waals surface area (Å²) in [6.45, 7) is 0.459. The highest BCUT2D eigenvalue weighted by Gasteiger charge is 2.12. The number of fused-ring (bicyclic) bond motifs is 3. The van der Waals surface area contributed by atoms with Crippen LogP contribution >= 0.6 is 15.9 Å². The van der Waals surface area contributed by atoms with Crippen LogP contribution in [0.25, 0.3) is 32.6 Å². The Labute approximate surface area is 238 Å². The Morgan fingerprint density at radius 1 is 0.825 bits per heavy atom. The first kappa shape index (κ1) is 25.5. The van der Waals surface area contributed by atoms with E-state index in [-0.39, 0.29) is 17.9 Å². The van der Waals surface area contributed by atoms with Crippen molar-refractivity contribution in [2.75, 3.05) is 0 Å². The summed E-state index contributed by atoms with van der Waals surface area (Å²) in [6, 6.07) is 34.7. The first-order valence-electron chi connectivity index (χ1n) is 12.8. The van der Waals surface area contributed by atoms with Gasteiger partial charge in [-0.25, -0.2) is 5.43 Å². The molecule has 6 rings (SSSR count). The molecule has 1 N–H and O–H groups in total. The van der Waals surface area contributed by atoms with Crippen molar-refractivity contribution in [1.82, 2.24) is 9.99 Å². The van der Waals surface area contributed by atoms with Gasteiger partial charge in [-0.2, -0.15) is 5.10 Å². The third kappa shape index (κ3) is 5.11. The molecule has 40 heavy (non-hydrogen) atoms. The van der Waals surface area contributed by atoms with Crippen LogP contribution in [0.3, 0.4) is 0 Å². The standard InChI is InChI=1S/C33H24BrN3O3/c34-28-18-22(16-17-31(28)40-21-24-10-7-9-23-8-1-2-11-25(23)24)19-35-36-32(38)20-37-29-14-5-3-12-26(29)33(39)27-13-4-6-15-30(27)37/h1-19H,20-21H2,(H,36,38)/b35-19-. The molecule has 0 unspecified atom stereocenters. The molecule has 0 aliphatic carbocycles. The zero-order valence-corrected chi connectivity index (χ0v) is 23.0. The highest BCUT2D eigenvalue weighted by molar-refractivity contribution is 9.10. The third-order valence-electron chi connectivity index (χ3n) is 6.80. The van der Waals surface area contributed by atoms with Gasteiger partial charge < -0.3 is 9.30 Å². The van der Waals surface area contributed by atoms with Crippen molar-refractivity contribution in [2.24, 2.45) is 5.10 Å². The fourth-order valence-corrected chi connectivity index (χ4v) is 5.40. The van der Waals surface area contributed by atoms with Gasteiger partial charge in [-0.05, 0) is 80.3 Å². The SMILES string of the molecule is O=C(Cn1c2ccccc2c(=O)c2ccccc21)N/N=C\c1ccc(OCc2cccc3ccccc23)c(Br)c1. The van der Waals surface area contributed by atoms with E-state index in [1.54, 1.807) is 18.3 Å². The van der Waals surface area contributed by atoms with E-state index in [0.717, 1.165) is 15.6 Å². The summed E-state index contributed by atoms with van der Waals surface area (Å²) in [6.07, 6.45) is 1.58. The Morgan fingerprint density at radius 2 is 1.48 bits per heavy atom. The summed E-state index contributed by atoms with van der Waals surface area (Å²) in [5.41, 5.74) is 5.87. The molecule has 0 aliphatic heterocycles. The Morgan fingerprint density at radius 3 is 2.20 bits per heavy atom. The van der Waals surface area contributed by atoms with Gasteiger partial charge >= 0.3 is 0 Å². The van der Waals surface area contributed by atoms with E-state index in [0.29, 0.717) is 34.2 Å². The second-order valence-corrected chi connectivity index (χ2v) is 10.2. The Bertz CT molecular complexity index is 1920. The van der Waals surface area contributed by atoms with E-state index in [2.05, 4.69) is 50.7 Å². The number of para-hydroxylation sites is 2. The van der Waals surface area contributed by atoms with Gasteiger partial charge in [0.05, 0.1) is 21.7 Å². The molecule has 0 saturated carbocycles. The van der Waals surface area contributed by atoms with E-state index in [1.165, 1.54) is 10.8 Å². The number of benzene rings is 5. The maximum Gasteiger partial charge on any atom is 0.260 e. The van der Waals surface area contributed by atoms with E-state index >= 15 is 0 Å². The van der Waals surface area contributed by atoms with Gasteiger partial charge in [0.1, 0.15) is 18.9 Å². The molecule has 0 aliphatic rings. The quantitative estimate of drug-likeness (QED) is 0.126. The van der Waals surface area contributed by atoms with Gasteiger partial charge in [-0.1, -0.05) is 66.7 Å². The first-order chi connectivity index (χ1) is 19.6. The smallest absolute Gasteiger partial charge is 0.260 e. The van der Waals surface area contributed by atoms with Crippen molar-refractivity contribution in [3.8, 4) is 5.75 Å². The maximum absolute atomic E-state index is 12.9. The number of pyridine rings is 1. The summed E-state index contributed by atoms with van der Waals surface area (Å²) in [5.74, 6) is 0.412. The number of nitrogens with zero attached hydrogens (tertiary/aromatic N) is 2. The van der Waals surface area contributed by atoms with Gasteiger partial charge in [-0.15, -0.1) is 0 Å². The zero-order valence-electron chi connectivity index (χ0n) is 21.4. The number of nitrogens with one attached hydrogen (secondary N) is 1. The Balaban J connectivity index is 1.14. The summed E-state index contributed by atoms with van der Waals surface area (Å²) in [4.78, 5) is 25.8. The highest BCUT2D eigenvalue weighted by Crippen LogP contribution is 2.28. The van der Waals surface area contributed by atoms with Crippen LogP contribution in [0.1, 0.15) is 11.1 Å². The molecule has 1 aromatic heterocycles. The minimum Gasteiger partial charge on any atom is -0.488 e. The van der Waals surface area contributed by atoms with Gasteiger partial charge in [0.15, 0.2) is 5.43 Å². The fourth-order valence-electron chi connectivity index (χ4n) is 4.89. The van der Waals surface area contributed by atoms with Crippen LogP contribution in [0.4, 0.5) is 0 Å².